The number of hydrogen-bond donors (Lipinski definition) is 2. The van der Waals surface area contributed by atoms with E-state index in [0.717, 1.165) is 6.42 Å². The predicted octanol–water partition coefficient (Wildman–Crippen LogP) is 2.03. The molecule has 0 aromatic heterocycles. The largest absolute Gasteiger partial charge is 0.364 e. The number of benzene rings is 1. The van der Waals surface area contributed by atoms with Crippen LogP contribution < -0.4 is 11.1 Å². The molecule has 1 fully saturated rings. The van der Waals surface area contributed by atoms with Gasteiger partial charge in [0.1, 0.15) is 11.9 Å². The molecule has 0 aliphatic carbocycles. The fourth-order valence-electron chi connectivity index (χ4n) is 1.88. The molecule has 2 atom stereocenters. The molecule has 1 aromatic rings. The summed E-state index contributed by atoms with van der Waals surface area (Å²) in [6.07, 6.45) is 0.754. The number of anilines is 1. The first kappa shape index (κ1) is 13.5. The van der Waals surface area contributed by atoms with Crippen molar-refractivity contribution in [3.8, 4) is 0 Å². The van der Waals surface area contributed by atoms with Crippen LogP contribution in [0.25, 0.3) is 0 Å². The number of hydrogen-bond acceptors (Lipinski definition) is 3. The van der Waals surface area contributed by atoms with E-state index in [-0.39, 0.29) is 17.7 Å². The second-order valence-corrected chi connectivity index (χ2v) is 5.09. The summed E-state index contributed by atoms with van der Waals surface area (Å²) in [7, 11) is 0. The van der Waals surface area contributed by atoms with Crippen molar-refractivity contribution in [1.82, 2.24) is 0 Å². The van der Waals surface area contributed by atoms with Crippen LogP contribution in [0, 0.1) is 5.82 Å². The number of halogens is 2. The normalized spacial score (nSPS) is 23.1. The average molecular weight is 317 g/mol. The molecular formula is C12H14BrFN2O2. The first-order chi connectivity index (χ1) is 8.60. The molecule has 0 radical (unpaired) electrons. The minimum absolute atomic E-state index is 0.0758. The zero-order valence-electron chi connectivity index (χ0n) is 9.66. The molecule has 0 bridgehead atoms. The highest BCUT2D eigenvalue weighted by Gasteiger charge is 2.30. The predicted molar refractivity (Wildman–Crippen MR) is 69.7 cm³/mol. The third-order valence-corrected chi connectivity index (χ3v) is 3.34. The van der Waals surface area contributed by atoms with Crippen molar-refractivity contribution in [1.29, 1.82) is 0 Å². The first-order valence-electron chi connectivity index (χ1n) is 5.71. The van der Waals surface area contributed by atoms with E-state index in [9.17, 15) is 9.18 Å². The number of carbonyl (C=O) groups excluding carboxylic acids is 1. The second-order valence-electron chi connectivity index (χ2n) is 4.17. The van der Waals surface area contributed by atoms with Crippen molar-refractivity contribution in [2.45, 2.75) is 25.0 Å². The quantitative estimate of drug-likeness (QED) is 0.896. The number of nitrogens with two attached hydrogens (primary N) is 1. The van der Waals surface area contributed by atoms with Crippen LogP contribution in [-0.4, -0.2) is 24.7 Å². The van der Waals surface area contributed by atoms with Crippen molar-refractivity contribution in [2.24, 2.45) is 5.73 Å². The van der Waals surface area contributed by atoms with E-state index in [4.69, 9.17) is 10.5 Å². The van der Waals surface area contributed by atoms with E-state index >= 15 is 0 Å². The van der Waals surface area contributed by atoms with Crippen LogP contribution in [0.4, 0.5) is 10.1 Å². The van der Waals surface area contributed by atoms with Gasteiger partial charge in [-0.25, -0.2) is 4.39 Å². The summed E-state index contributed by atoms with van der Waals surface area (Å²) in [5, 5.41) is 2.53. The maximum atomic E-state index is 13.5. The van der Waals surface area contributed by atoms with Crippen molar-refractivity contribution >= 4 is 27.5 Å². The van der Waals surface area contributed by atoms with E-state index in [2.05, 4.69) is 21.2 Å². The molecule has 1 heterocycles. The van der Waals surface area contributed by atoms with Gasteiger partial charge in [-0.05, 0) is 31.0 Å². The molecule has 1 saturated heterocycles. The Morgan fingerprint density at radius 3 is 3.00 bits per heavy atom. The summed E-state index contributed by atoms with van der Waals surface area (Å²) >= 11 is 3.22. The molecule has 6 heteroatoms. The molecule has 0 saturated carbocycles. The standard InChI is InChI=1S/C12H14BrFN2O2/c13-7-1-3-9(14)10(5-7)16-12(17)11-4-2-8(6-15)18-11/h1,3,5,8,11H,2,4,6,15H2,(H,16,17)/t8-,11+/m1/s1. The first-order valence-corrected chi connectivity index (χ1v) is 6.51. The molecule has 1 aliphatic rings. The number of carbonyl (C=O) groups is 1. The van der Waals surface area contributed by atoms with Gasteiger partial charge < -0.3 is 15.8 Å². The molecule has 1 aromatic carbocycles. The Labute approximate surface area is 113 Å². The van der Waals surface area contributed by atoms with E-state index < -0.39 is 11.9 Å². The molecule has 4 nitrogen and oxygen atoms in total. The van der Waals surface area contributed by atoms with Crippen LogP contribution in [0.5, 0.6) is 0 Å². The fourth-order valence-corrected chi connectivity index (χ4v) is 2.24. The van der Waals surface area contributed by atoms with Gasteiger partial charge in [0.15, 0.2) is 0 Å². The molecule has 3 N–H and O–H groups in total. The van der Waals surface area contributed by atoms with Crippen molar-refractivity contribution in [3.63, 3.8) is 0 Å². The zero-order chi connectivity index (χ0) is 13.1. The highest BCUT2D eigenvalue weighted by Crippen LogP contribution is 2.23. The number of ether oxygens (including phenoxy) is 1. The Morgan fingerprint density at radius 2 is 2.33 bits per heavy atom. The lowest BCUT2D eigenvalue weighted by Crippen LogP contribution is -2.30. The maximum Gasteiger partial charge on any atom is 0.253 e. The van der Waals surface area contributed by atoms with E-state index in [1.165, 1.54) is 12.1 Å². The van der Waals surface area contributed by atoms with Crippen molar-refractivity contribution in [3.05, 3.63) is 28.5 Å². The highest BCUT2D eigenvalue weighted by molar-refractivity contribution is 9.10. The summed E-state index contributed by atoms with van der Waals surface area (Å²) in [6.45, 7) is 0.398. The van der Waals surface area contributed by atoms with Crippen molar-refractivity contribution in [2.75, 3.05) is 11.9 Å². The van der Waals surface area contributed by atoms with Gasteiger partial charge in [0, 0.05) is 11.0 Å². The van der Waals surface area contributed by atoms with E-state index in [1.54, 1.807) is 6.07 Å². The van der Waals surface area contributed by atoms with Gasteiger partial charge in [-0.3, -0.25) is 4.79 Å². The van der Waals surface area contributed by atoms with Crippen LogP contribution in [0.2, 0.25) is 0 Å². The van der Waals surface area contributed by atoms with Gasteiger partial charge in [-0.15, -0.1) is 0 Å². The molecule has 1 aliphatic heterocycles. The van der Waals surface area contributed by atoms with Crippen LogP contribution >= 0.6 is 15.9 Å². The number of amides is 1. The third-order valence-electron chi connectivity index (χ3n) is 2.85. The molecule has 1 amide bonds. The number of nitrogens with one attached hydrogen (secondary N) is 1. The Hall–Kier alpha value is -0.980. The van der Waals surface area contributed by atoms with Crippen LogP contribution in [0.3, 0.4) is 0 Å². The lowest BCUT2D eigenvalue weighted by Gasteiger charge is -2.13. The van der Waals surface area contributed by atoms with Gasteiger partial charge in [0.05, 0.1) is 11.8 Å². The summed E-state index contributed by atoms with van der Waals surface area (Å²) in [5.74, 6) is -0.803. The monoisotopic (exact) mass is 316 g/mol. The SMILES string of the molecule is NC[C@H]1CC[C@@H](C(=O)Nc2cc(Br)ccc2F)O1. The van der Waals surface area contributed by atoms with E-state index in [0.29, 0.717) is 17.4 Å². The Morgan fingerprint density at radius 1 is 1.56 bits per heavy atom. The lowest BCUT2D eigenvalue weighted by atomic mass is 10.2. The topological polar surface area (TPSA) is 64.4 Å². The third kappa shape index (κ3) is 3.07. The van der Waals surface area contributed by atoms with Crippen molar-refractivity contribution < 1.29 is 13.9 Å². The van der Waals surface area contributed by atoms with Gasteiger partial charge in [0.25, 0.3) is 5.91 Å². The zero-order valence-corrected chi connectivity index (χ0v) is 11.2. The Balaban J connectivity index is 2.01. The fraction of sp³-hybridized carbons (Fsp3) is 0.417. The Bertz CT molecular complexity index is 456. The molecule has 18 heavy (non-hydrogen) atoms. The molecular weight excluding hydrogens is 303 g/mol. The van der Waals surface area contributed by atoms with Gasteiger partial charge in [-0.1, -0.05) is 15.9 Å². The minimum Gasteiger partial charge on any atom is -0.364 e. The summed E-state index contributed by atoms with van der Waals surface area (Å²) < 4.78 is 19.6. The summed E-state index contributed by atoms with van der Waals surface area (Å²) in [4.78, 5) is 11.9. The van der Waals surface area contributed by atoms with Gasteiger partial charge >= 0.3 is 0 Å². The van der Waals surface area contributed by atoms with Crippen LogP contribution in [-0.2, 0) is 9.53 Å². The second kappa shape index (κ2) is 5.77. The minimum atomic E-state index is -0.545. The summed E-state index contributed by atoms with van der Waals surface area (Å²) in [5.41, 5.74) is 5.62. The van der Waals surface area contributed by atoms with Gasteiger partial charge in [0.2, 0.25) is 0 Å². The maximum absolute atomic E-state index is 13.5. The molecule has 98 valence electrons. The Kier molecular flexibility index (Phi) is 4.31. The average Bonchev–Trinajstić information content (AvgIpc) is 2.82. The molecule has 2 rings (SSSR count). The highest BCUT2D eigenvalue weighted by atomic mass is 79.9. The molecule has 0 unspecified atom stereocenters. The summed E-state index contributed by atoms with van der Waals surface area (Å²) in [6, 6.07) is 4.38. The van der Waals surface area contributed by atoms with Crippen LogP contribution in [0.15, 0.2) is 22.7 Å². The van der Waals surface area contributed by atoms with Crippen LogP contribution in [0.1, 0.15) is 12.8 Å². The van der Waals surface area contributed by atoms with Gasteiger partial charge in [-0.2, -0.15) is 0 Å². The number of rotatable bonds is 3. The molecule has 0 spiro atoms. The van der Waals surface area contributed by atoms with E-state index in [1.807, 2.05) is 0 Å². The lowest BCUT2D eigenvalue weighted by molar-refractivity contribution is -0.126. The smallest absolute Gasteiger partial charge is 0.253 e.